The van der Waals surface area contributed by atoms with E-state index in [1.165, 1.54) is 44.4 Å². The van der Waals surface area contributed by atoms with Gasteiger partial charge in [-0.25, -0.2) is 13.4 Å². The maximum absolute atomic E-state index is 13.8. The number of nitro benzene ring substituents is 1. The lowest BCUT2D eigenvalue weighted by Crippen LogP contribution is -2.41. The molecule has 0 atom stereocenters. The van der Waals surface area contributed by atoms with Gasteiger partial charge in [0.1, 0.15) is 12.3 Å². The van der Waals surface area contributed by atoms with Crippen LogP contribution in [0.5, 0.6) is 5.75 Å². The molecule has 4 aromatic rings. The van der Waals surface area contributed by atoms with Crippen molar-refractivity contribution in [1.29, 1.82) is 0 Å². The van der Waals surface area contributed by atoms with Gasteiger partial charge in [0.2, 0.25) is 5.91 Å². The molecule has 0 saturated carbocycles. The van der Waals surface area contributed by atoms with Crippen LogP contribution in [0.25, 0.3) is 5.69 Å². The Kier molecular flexibility index (Phi) is 8.17. The second-order valence-corrected chi connectivity index (χ2v) is 10.7. The Hall–Kier alpha value is -4.42. The van der Waals surface area contributed by atoms with Crippen LogP contribution in [0.2, 0.25) is 5.02 Å². The summed E-state index contributed by atoms with van der Waals surface area (Å²) >= 11 is 6.17. The highest BCUT2D eigenvalue weighted by atomic mass is 35.5. The van der Waals surface area contributed by atoms with Gasteiger partial charge in [0.25, 0.3) is 15.7 Å². The van der Waals surface area contributed by atoms with Gasteiger partial charge in [-0.15, -0.1) is 0 Å². The van der Waals surface area contributed by atoms with Gasteiger partial charge in [-0.1, -0.05) is 35.9 Å². The number of aryl methyl sites for hydroxylation is 1. The van der Waals surface area contributed by atoms with Gasteiger partial charge in [-0.2, -0.15) is 0 Å². The molecule has 1 aromatic heterocycles. The standard InChI is InChI=1S/C26H24ClN5O6S/c1-18-7-9-21(14-23(18)32(34)35)39(36,37)31(24-13-20(27)8-10-25(24)38-2)16-26(33)29-15-19-5-3-4-6-22(19)30-12-11-28-17-30/h3-14,17H,15-16H2,1-2H3,(H,29,33). The number of nitrogens with zero attached hydrogens (tertiary/aromatic N) is 4. The molecule has 1 amide bonds. The summed E-state index contributed by atoms with van der Waals surface area (Å²) in [5.41, 5.74) is 1.49. The molecular formula is C26H24ClN5O6S. The van der Waals surface area contributed by atoms with Crippen LogP contribution < -0.4 is 14.4 Å². The van der Waals surface area contributed by atoms with E-state index in [-0.39, 0.29) is 33.6 Å². The van der Waals surface area contributed by atoms with Gasteiger partial charge < -0.3 is 14.6 Å². The topological polar surface area (TPSA) is 137 Å². The lowest BCUT2D eigenvalue weighted by Gasteiger charge is -2.26. The molecule has 3 aromatic carbocycles. The van der Waals surface area contributed by atoms with Crippen LogP contribution >= 0.6 is 11.6 Å². The summed E-state index contributed by atoms with van der Waals surface area (Å²) in [5.74, 6) is -0.481. The van der Waals surface area contributed by atoms with Gasteiger partial charge in [0.15, 0.2) is 0 Å². The Morgan fingerprint density at radius 2 is 1.95 bits per heavy atom. The molecule has 0 spiro atoms. The van der Waals surface area contributed by atoms with Crippen molar-refractivity contribution in [2.45, 2.75) is 18.4 Å². The molecule has 0 aliphatic heterocycles. The summed E-state index contributed by atoms with van der Waals surface area (Å²) in [4.78, 5) is 27.7. The van der Waals surface area contributed by atoms with Crippen molar-refractivity contribution in [2.24, 2.45) is 0 Å². The van der Waals surface area contributed by atoms with Crippen molar-refractivity contribution in [3.05, 3.63) is 106 Å². The molecule has 11 nitrogen and oxygen atoms in total. The Morgan fingerprint density at radius 1 is 1.18 bits per heavy atom. The number of hydrogen-bond acceptors (Lipinski definition) is 7. The summed E-state index contributed by atoms with van der Waals surface area (Å²) in [7, 11) is -3.13. The van der Waals surface area contributed by atoms with Crippen LogP contribution in [0.3, 0.4) is 0 Å². The van der Waals surface area contributed by atoms with E-state index in [1.807, 2.05) is 24.3 Å². The summed E-state index contributed by atoms with van der Waals surface area (Å²) in [6, 6.07) is 15.2. The predicted molar refractivity (Wildman–Crippen MR) is 146 cm³/mol. The summed E-state index contributed by atoms with van der Waals surface area (Å²) < 4.78 is 35.6. The van der Waals surface area contributed by atoms with Crippen LogP contribution in [0.4, 0.5) is 11.4 Å². The predicted octanol–water partition coefficient (Wildman–Crippen LogP) is 4.26. The highest BCUT2D eigenvalue weighted by molar-refractivity contribution is 7.92. The number of halogens is 1. The average Bonchev–Trinajstić information content (AvgIpc) is 3.45. The fourth-order valence-corrected chi connectivity index (χ4v) is 5.54. The van der Waals surface area contributed by atoms with E-state index >= 15 is 0 Å². The normalized spacial score (nSPS) is 11.2. The smallest absolute Gasteiger partial charge is 0.273 e. The lowest BCUT2D eigenvalue weighted by atomic mass is 10.1. The SMILES string of the molecule is COc1ccc(Cl)cc1N(CC(=O)NCc1ccccc1-n1ccnc1)S(=O)(=O)c1ccc(C)c([N+](=O)[O-])c1. The van der Waals surface area contributed by atoms with Crippen molar-refractivity contribution in [2.75, 3.05) is 18.0 Å². The number of amides is 1. The molecule has 0 aliphatic carbocycles. The molecule has 1 N–H and O–H groups in total. The van der Waals surface area contributed by atoms with E-state index in [4.69, 9.17) is 16.3 Å². The number of methoxy groups -OCH3 is 1. The first kappa shape index (κ1) is 27.6. The lowest BCUT2D eigenvalue weighted by molar-refractivity contribution is -0.385. The minimum absolute atomic E-state index is 0.00203. The number of carbonyl (C=O) groups excluding carboxylic acids is 1. The zero-order chi connectivity index (χ0) is 28.2. The van der Waals surface area contributed by atoms with E-state index in [2.05, 4.69) is 10.3 Å². The van der Waals surface area contributed by atoms with Crippen molar-refractivity contribution in [3.8, 4) is 11.4 Å². The van der Waals surface area contributed by atoms with Crippen molar-refractivity contribution in [1.82, 2.24) is 14.9 Å². The molecule has 0 aliphatic rings. The van der Waals surface area contributed by atoms with E-state index in [9.17, 15) is 23.3 Å². The zero-order valence-corrected chi connectivity index (χ0v) is 22.5. The zero-order valence-electron chi connectivity index (χ0n) is 20.9. The number of para-hydroxylation sites is 1. The van der Waals surface area contributed by atoms with Gasteiger partial charge in [-0.05, 0) is 42.8 Å². The maximum atomic E-state index is 13.8. The maximum Gasteiger partial charge on any atom is 0.273 e. The first-order valence-corrected chi connectivity index (χ1v) is 13.4. The van der Waals surface area contributed by atoms with Gasteiger partial charge >= 0.3 is 0 Å². The van der Waals surface area contributed by atoms with Gasteiger partial charge in [0.05, 0.1) is 34.6 Å². The van der Waals surface area contributed by atoms with E-state index in [0.717, 1.165) is 21.6 Å². The molecule has 0 unspecified atom stereocenters. The third kappa shape index (κ3) is 6.02. The van der Waals surface area contributed by atoms with E-state index in [0.29, 0.717) is 5.56 Å². The third-order valence-corrected chi connectivity index (χ3v) is 7.90. The largest absolute Gasteiger partial charge is 0.495 e. The summed E-state index contributed by atoms with van der Waals surface area (Å²) in [6.07, 6.45) is 5.02. The minimum atomic E-state index is -4.48. The number of anilines is 1. The monoisotopic (exact) mass is 569 g/mol. The third-order valence-electron chi connectivity index (χ3n) is 5.91. The number of imidazole rings is 1. The van der Waals surface area contributed by atoms with E-state index in [1.54, 1.807) is 23.3 Å². The Labute approximate surface area is 229 Å². The first-order valence-electron chi connectivity index (χ1n) is 11.6. The number of ether oxygens (including phenoxy) is 1. The van der Waals surface area contributed by atoms with Crippen molar-refractivity contribution < 1.29 is 22.9 Å². The van der Waals surface area contributed by atoms with Gasteiger partial charge in [0, 0.05) is 35.6 Å². The first-order chi connectivity index (χ1) is 18.6. The quantitative estimate of drug-likeness (QED) is 0.222. The number of rotatable bonds is 10. The summed E-state index contributed by atoms with van der Waals surface area (Å²) in [5, 5.41) is 14.4. The average molecular weight is 570 g/mol. The molecule has 0 bridgehead atoms. The molecular weight excluding hydrogens is 546 g/mol. The number of hydrogen-bond donors (Lipinski definition) is 1. The molecule has 202 valence electrons. The second-order valence-electron chi connectivity index (χ2n) is 8.41. The molecule has 0 saturated heterocycles. The van der Waals surface area contributed by atoms with Crippen LogP contribution in [-0.2, 0) is 21.4 Å². The highest BCUT2D eigenvalue weighted by Gasteiger charge is 2.31. The molecule has 0 radical (unpaired) electrons. The number of aromatic nitrogens is 2. The van der Waals surface area contributed by atoms with Crippen molar-refractivity contribution >= 4 is 38.9 Å². The Balaban J connectivity index is 1.69. The molecule has 1 heterocycles. The fraction of sp³-hybridized carbons (Fsp3) is 0.154. The number of nitrogens with one attached hydrogen (secondary N) is 1. The van der Waals surface area contributed by atoms with Crippen LogP contribution in [-0.4, -0.2) is 42.5 Å². The summed E-state index contributed by atoms with van der Waals surface area (Å²) in [6.45, 7) is 0.957. The highest BCUT2D eigenvalue weighted by Crippen LogP contribution is 2.35. The molecule has 4 rings (SSSR count). The van der Waals surface area contributed by atoms with Crippen LogP contribution in [0, 0.1) is 17.0 Å². The molecule has 39 heavy (non-hydrogen) atoms. The minimum Gasteiger partial charge on any atom is -0.495 e. The van der Waals surface area contributed by atoms with Gasteiger partial charge in [-0.3, -0.25) is 19.2 Å². The van der Waals surface area contributed by atoms with Crippen molar-refractivity contribution in [3.63, 3.8) is 0 Å². The van der Waals surface area contributed by atoms with E-state index < -0.39 is 27.4 Å². The Morgan fingerprint density at radius 3 is 2.64 bits per heavy atom. The van der Waals surface area contributed by atoms with Crippen LogP contribution in [0.1, 0.15) is 11.1 Å². The Bertz CT molecular complexity index is 1630. The number of benzene rings is 3. The van der Waals surface area contributed by atoms with Crippen LogP contribution in [0.15, 0.2) is 84.3 Å². The number of nitro groups is 1. The fourth-order valence-electron chi connectivity index (χ4n) is 3.93. The molecule has 0 fully saturated rings. The number of sulfonamides is 1. The molecule has 13 heteroatoms. The number of carbonyl (C=O) groups is 1. The second kappa shape index (κ2) is 11.5.